The second-order valence-corrected chi connectivity index (χ2v) is 8.20. The first kappa shape index (κ1) is 26.8. The Morgan fingerprint density at radius 3 is 2.00 bits per heavy atom. The van der Waals surface area contributed by atoms with Gasteiger partial charge >= 0.3 is 0 Å². The van der Waals surface area contributed by atoms with E-state index in [2.05, 4.69) is 52.8 Å². The number of fused-ring (bicyclic) bond motifs is 1. The number of hydrogen-bond acceptors (Lipinski definition) is 6. The molecule has 0 bridgehead atoms. The van der Waals surface area contributed by atoms with Crippen molar-refractivity contribution >= 4 is 64.5 Å². The van der Waals surface area contributed by atoms with Gasteiger partial charge in [-0.1, -0.05) is 30.0 Å². The number of rotatable bonds is 9. The molecule has 0 amide bonds. The van der Waals surface area contributed by atoms with Crippen LogP contribution in [0.2, 0.25) is 0 Å². The van der Waals surface area contributed by atoms with Gasteiger partial charge in [-0.25, -0.2) is 0 Å². The minimum atomic E-state index is 0. The minimum Gasteiger partial charge on any atom is -0.395 e. The normalized spacial score (nSPS) is 10.2. The first-order chi connectivity index (χ1) is 15.3. The lowest BCUT2D eigenvalue weighted by Crippen LogP contribution is -2.29. The van der Waals surface area contributed by atoms with Crippen LogP contribution in [0.15, 0.2) is 94.9 Å². The van der Waals surface area contributed by atoms with Gasteiger partial charge in [-0.3, -0.25) is 4.98 Å². The van der Waals surface area contributed by atoms with Gasteiger partial charge in [-0.05, 0) is 60.7 Å². The maximum Gasteiger partial charge on any atom is 0.0722 e. The summed E-state index contributed by atoms with van der Waals surface area (Å²) in [7, 11) is 0. The zero-order valence-corrected chi connectivity index (χ0v) is 20.4. The van der Waals surface area contributed by atoms with E-state index < -0.39 is 0 Å². The van der Waals surface area contributed by atoms with E-state index in [1.165, 1.54) is 0 Å². The molecule has 0 atom stereocenters. The Kier molecular flexibility index (Phi) is 10.8. The molecule has 0 unspecified atom stereocenters. The lowest BCUT2D eigenvalue weighted by molar-refractivity contribution is 0.281. The van der Waals surface area contributed by atoms with Crippen LogP contribution in [0, 0.1) is 0 Å². The van der Waals surface area contributed by atoms with E-state index in [4.69, 9.17) is 0 Å². The molecule has 0 saturated carbocycles. The van der Waals surface area contributed by atoms with Crippen LogP contribution in [-0.2, 0) is 0 Å². The number of aromatic nitrogens is 1. The van der Waals surface area contributed by atoms with Crippen molar-refractivity contribution in [1.82, 2.24) is 4.98 Å². The highest BCUT2D eigenvalue weighted by molar-refractivity contribution is 7.99. The number of aliphatic hydroxyl groups is 2. The van der Waals surface area contributed by atoms with Gasteiger partial charge in [0.1, 0.15) is 0 Å². The molecule has 1 aromatic heterocycles. The van der Waals surface area contributed by atoms with Crippen molar-refractivity contribution in [2.75, 3.05) is 36.5 Å². The zero-order valence-electron chi connectivity index (χ0n) is 17.9. The molecule has 0 spiro atoms. The van der Waals surface area contributed by atoms with Gasteiger partial charge in [0.15, 0.2) is 0 Å². The van der Waals surface area contributed by atoms with Gasteiger partial charge in [0.2, 0.25) is 0 Å². The van der Waals surface area contributed by atoms with E-state index >= 15 is 0 Å². The fraction of sp³-hybridized carbons (Fsp3) is 0.160. The monoisotopic (exact) mass is 503 g/mol. The largest absolute Gasteiger partial charge is 0.395 e. The van der Waals surface area contributed by atoms with Crippen LogP contribution in [0.25, 0.3) is 10.9 Å². The summed E-state index contributed by atoms with van der Waals surface area (Å²) < 4.78 is 0. The smallest absolute Gasteiger partial charge is 0.0722 e. The summed E-state index contributed by atoms with van der Waals surface area (Å²) in [5, 5.41) is 23.0. The van der Waals surface area contributed by atoms with Crippen LogP contribution in [0.4, 0.5) is 17.1 Å². The molecule has 4 rings (SSSR count). The highest BCUT2D eigenvalue weighted by Gasteiger charge is 2.06. The highest BCUT2D eigenvalue weighted by atomic mass is 35.5. The summed E-state index contributed by atoms with van der Waals surface area (Å²) in [5.41, 5.74) is 4.04. The molecule has 174 valence electrons. The molecule has 0 saturated heterocycles. The molecule has 0 aliphatic heterocycles. The number of anilines is 3. The van der Waals surface area contributed by atoms with E-state index in [1.807, 2.05) is 47.5 Å². The first-order valence-electron chi connectivity index (χ1n) is 10.2. The second kappa shape index (κ2) is 13.3. The van der Waals surface area contributed by atoms with Crippen LogP contribution < -0.4 is 10.2 Å². The fourth-order valence-corrected chi connectivity index (χ4v) is 4.26. The predicted octanol–water partition coefficient (Wildman–Crippen LogP) is 5.76. The van der Waals surface area contributed by atoms with Gasteiger partial charge < -0.3 is 20.4 Å². The summed E-state index contributed by atoms with van der Waals surface area (Å²) in [5.74, 6) is 0. The number of nitrogens with zero attached hydrogens (tertiary/aromatic N) is 2. The van der Waals surface area contributed by atoms with E-state index in [9.17, 15) is 10.2 Å². The third-order valence-electron chi connectivity index (χ3n) is 4.96. The van der Waals surface area contributed by atoms with Crippen molar-refractivity contribution < 1.29 is 10.2 Å². The SMILES string of the molecule is Cl.Cl.OCCN(CCO)c1ccc(Sc2ccc(Nc3ccnc4ccccc34)cc2)cc1. The molecule has 0 radical (unpaired) electrons. The van der Waals surface area contributed by atoms with Crippen LogP contribution in [0.5, 0.6) is 0 Å². The van der Waals surface area contributed by atoms with Crippen LogP contribution in [0.3, 0.4) is 0 Å². The Hall–Kier alpha value is -2.48. The van der Waals surface area contributed by atoms with Gasteiger partial charge in [-0.15, -0.1) is 24.8 Å². The Bertz CT molecular complexity index is 1120. The van der Waals surface area contributed by atoms with E-state index in [-0.39, 0.29) is 38.0 Å². The average molecular weight is 504 g/mol. The van der Waals surface area contributed by atoms with Crippen molar-refractivity contribution in [3.63, 3.8) is 0 Å². The molecule has 0 fully saturated rings. The third-order valence-corrected chi connectivity index (χ3v) is 5.98. The van der Waals surface area contributed by atoms with E-state index in [0.717, 1.165) is 37.8 Å². The highest BCUT2D eigenvalue weighted by Crippen LogP contribution is 2.31. The lowest BCUT2D eigenvalue weighted by Gasteiger charge is -2.23. The zero-order chi connectivity index (χ0) is 21.5. The molecular weight excluding hydrogens is 477 g/mol. The standard InChI is InChI=1S/C25H25N3O2S.2ClH/c29-17-15-28(16-18-30)20-7-11-22(12-8-20)31-21-9-5-19(6-10-21)27-25-13-14-26-24-4-2-1-3-23(24)25;;/h1-14,29-30H,15-18H2,(H,26,27);2*1H. The van der Waals surface area contributed by atoms with Gasteiger partial charge in [0, 0.05) is 51.5 Å². The molecule has 8 heteroatoms. The maximum atomic E-state index is 9.21. The molecule has 0 aliphatic rings. The molecule has 0 aliphatic carbocycles. The predicted molar refractivity (Wildman–Crippen MR) is 143 cm³/mol. The Morgan fingerprint density at radius 1 is 0.758 bits per heavy atom. The quantitative estimate of drug-likeness (QED) is 0.269. The summed E-state index contributed by atoms with van der Waals surface area (Å²) in [4.78, 5) is 8.67. The molecule has 33 heavy (non-hydrogen) atoms. The summed E-state index contributed by atoms with van der Waals surface area (Å²) in [6, 6.07) is 26.6. The van der Waals surface area contributed by atoms with Gasteiger partial charge in [0.25, 0.3) is 0 Å². The fourth-order valence-electron chi connectivity index (χ4n) is 3.44. The number of para-hydroxylation sites is 1. The molecule has 3 aromatic carbocycles. The van der Waals surface area contributed by atoms with Crippen molar-refractivity contribution in [2.24, 2.45) is 0 Å². The van der Waals surface area contributed by atoms with E-state index in [0.29, 0.717) is 13.1 Å². The van der Waals surface area contributed by atoms with Crippen LogP contribution in [0.1, 0.15) is 0 Å². The van der Waals surface area contributed by atoms with Crippen molar-refractivity contribution in [2.45, 2.75) is 9.79 Å². The third kappa shape index (κ3) is 7.00. The Balaban J connectivity index is 0.00000193. The van der Waals surface area contributed by atoms with Crippen molar-refractivity contribution in [1.29, 1.82) is 0 Å². The lowest BCUT2D eigenvalue weighted by atomic mass is 10.2. The molecule has 4 aromatic rings. The minimum absolute atomic E-state index is 0. The second-order valence-electron chi connectivity index (χ2n) is 7.06. The molecule has 1 heterocycles. The van der Waals surface area contributed by atoms with E-state index in [1.54, 1.807) is 11.8 Å². The number of halogens is 2. The number of pyridine rings is 1. The number of hydrogen-bond donors (Lipinski definition) is 3. The van der Waals surface area contributed by atoms with Crippen molar-refractivity contribution in [3.8, 4) is 0 Å². The summed E-state index contributed by atoms with van der Waals surface area (Å²) >= 11 is 1.70. The summed E-state index contributed by atoms with van der Waals surface area (Å²) in [6.07, 6.45) is 1.82. The molecule has 3 N–H and O–H groups in total. The summed E-state index contributed by atoms with van der Waals surface area (Å²) in [6.45, 7) is 1.14. The number of nitrogens with one attached hydrogen (secondary N) is 1. The molecular formula is C25H27Cl2N3O2S. The number of benzene rings is 3. The van der Waals surface area contributed by atoms with Gasteiger partial charge in [-0.2, -0.15) is 0 Å². The Morgan fingerprint density at radius 2 is 1.36 bits per heavy atom. The number of aliphatic hydroxyl groups excluding tert-OH is 2. The van der Waals surface area contributed by atoms with Crippen LogP contribution in [-0.4, -0.2) is 41.5 Å². The average Bonchev–Trinajstić information content (AvgIpc) is 2.81. The van der Waals surface area contributed by atoms with Crippen LogP contribution >= 0.6 is 36.6 Å². The molecule has 5 nitrogen and oxygen atoms in total. The van der Waals surface area contributed by atoms with Gasteiger partial charge in [0.05, 0.1) is 18.7 Å². The first-order valence-corrected chi connectivity index (χ1v) is 11.0. The maximum absolute atomic E-state index is 9.21. The topological polar surface area (TPSA) is 68.6 Å². The van der Waals surface area contributed by atoms with Crippen molar-refractivity contribution in [3.05, 3.63) is 85.1 Å². The Labute approximate surface area is 210 Å².